The molecule has 1 saturated heterocycles. The molecule has 2 aromatic heterocycles. The van der Waals surface area contributed by atoms with Crippen molar-refractivity contribution in [3.05, 3.63) is 39.3 Å². The molecule has 26 heavy (non-hydrogen) atoms. The number of nitrogens with one attached hydrogen (secondary N) is 1. The molecule has 144 valence electrons. The molecule has 0 aromatic carbocycles. The highest BCUT2D eigenvalue weighted by Gasteiger charge is 2.27. The Hall–Kier alpha value is -0.840. The Morgan fingerprint density at radius 3 is 2.96 bits per heavy atom. The minimum atomic E-state index is -0.622. The van der Waals surface area contributed by atoms with Crippen LogP contribution in [0.25, 0.3) is 0 Å². The lowest BCUT2D eigenvalue weighted by Gasteiger charge is -2.22. The van der Waals surface area contributed by atoms with E-state index < -0.39 is 6.10 Å². The summed E-state index contributed by atoms with van der Waals surface area (Å²) in [5.74, 6) is 1.33. The number of guanidine groups is 1. The molecule has 2 aromatic rings. The molecule has 0 saturated carbocycles. The van der Waals surface area contributed by atoms with Crippen LogP contribution in [0.3, 0.4) is 0 Å². The quantitative estimate of drug-likeness (QED) is 0.369. The van der Waals surface area contributed by atoms with Crippen molar-refractivity contribution in [2.24, 2.45) is 12.0 Å². The number of nitrogens with zero attached hydrogens (tertiary/aromatic N) is 4. The molecular formula is C17H25ClIN5OS. The van der Waals surface area contributed by atoms with Gasteiger partial charge in [-0.3, -0.25) is 9.67 Å². The molecular weight excluding hydrogens is 485 g/mol. The van der Waals surface area contributed by atoms with Crippen LogP contribution in [0.2, 0.25) is 4.34 Å². The lowest BCUT2D eigenvalue weighted by atomic mass is 10.0. The summed E-state index contributed by atoms with van der Waals surface area (Å²) in [5.41, 5.74) is 1.27. The second kappa shape index (κ2) is 9.91. The van der Waals surface area contributed by atoms with Crippen LogP contribution in [0, 0.1) is 0 Å². The predicted octanol–water partition coefficient (Wildman–Crippen LogP) is 3.24. The molecule has 1 aliphatic rings. The number of hydrogen-bond acceptors (Lipinski definition) is 4. The maximum absolute atomic E-state index is 10.3. The molecule has 0 spiro atoms. The molecule has 0 amide bonds. The van der Waals surface area contributed by atoms with Crippen LogP contribution in [0.5, 0.6) is 0 Å². The Kier molecular flexibility index (Phi) is 8.18. The van der Waals surface area contributed by atoms with Gasteiger partial charge in [0.05, 0.1) is 17.1 Å². The molecule has 9 heteroatoms. The van der Waals surface area contributed by atoms with Gasteiger partial charge in [0.15, 0.2) is 5.96 Å². The fourth-order valence-electron chi connectivity index (χ4n) is 3.07. The van der Waals surface area contributed by atoms with Crippen molar-refractivity contribution < 1.29 is 5.11 Å². The van der Waals surface area contributed by atoms with E-state index in [1.54, 1.807) is 6.07 Å². The Balaban J connectivity index is 0.00000243. The number of likely N-dealkylation sites (tertiary alicyclic amines) is 1. The number of hydrogen-bond donors (Lipinski definition) is 2. The summed E-state index contributed by atoms with van der Waals surface area (Å²) >= 11 is 7.34. The van der Waals surface area contributed by atoms with Gasteiger partial charge in [0, 0.05) is 43.7 Å². The van der Waals surface area contributed by atoms with E-state index in [4.69, 9.17) is 11.6 Å². The predicted molar refractivity (Wildman–Crippen MR) is 118 cm³/mol. The Morgan fingerprint density at radius 1 is 1.54 bits per heavy atom. The average Bonchev–Trinajstić information content (AvgIpc) is 3.31. The summed E-state index contributed by atoms with van der Waals surface area (Å²) < 4.78 is 2.53. The molecule has 2 atom stereocenters. The third kappa shape index (κ3) is 5.34. The van der Waals surface area contributed by atoms with Crippen molar-refractivity contribution in [3.8, 4) is 0 Å². The molecule has 0 bridgehead atoms. The summed E-state index contributed by atoms with van der Waals surface area (Å²) in [5, 5.41) is 17.9. The van der Waals surface area contributed by atoms with Gasteiger partial charge in [-0.2, -0.15) is 5.10 Å². The van der Waals surface area contributed by atoms with E-state index in [-0.39, 0.29) is 24.0 Å². The SMILES string of the molecule is CCNC(=NCC(O)c1ccc(Cl)s1)N1CCC(c2cnn(C)c2)C1.I. The van der Waals surface area contributed by atoms with Gasteiger partial charge in [0.1, 0.15) is 6.10 Å². The summed E-state index contributed by atoms with van der Waals surface area (Å²) in [7, 11) is 1.94. The zero-order valence-corrected chi connectivity index (χ0v) is 18.8. The van der Waals surface area contributed by atoms with Gasteiger partial charge < -0.3 is 15.3 Å². The third-order valence-electron chi connectivity index (χ3n) is 4.36. The highest BCUT2D eigenvalue weighted by atomic mass is 127. The van der Waals surface area contributed by atoms with Crippen LogP contribution in [-0.2, 0) is 7.05 Å². The molecule has 0 radical (unpaired) electrons. The van der Waals surface area contributed by atoms with Crippen molar-refractivity contribution in [3.63, 3.8) is 0 Å². The Labute approximate surface area is 180 Å². The molecule has 1 aliphatic heterocycles. The van der Waals surface area contributed by atoms with Crippen LogP contribution >= 0.6 is 46.9 Å². The van der Waals surface area contributed by atoms with Crippen LogP contribution < -0.4 is 5.32 Å². The van der Waals surface area contributed by atoms with Crippen LogP contribution in [-0.4, -0.2) is 51.9 Å². The minimum absolute atomic E-state index is 0. The van der Waals surface area contributed by atoms with E-state index in [0.29, 0.717) is 16.8 Å². The van der Waals surface area contributed by atoms with E-state index in [1.807, 2.05) is 24.0 Å². The van der Waals surface area contributed by atoms with Gasteiger partial charge in [-0.15, -0.1) is 35.3 Å². The highest BCUT2D eigenvalue weighted by molar-refractivity contribution is 14.0. The first-order chi connectivity index (χ1) is 12.1. The number of aliphatic hydroxyl groups is 1. The molecule has 6 nitrogen and oxygen atoms in total. The number of aromatic nitrogens is 2. The number of aliphatic hydroxyl groups excluding tert-OH is 1. The smallest absolute Gasteiger partial charge is 0.194 e. The van der Waals surface area contributed by atoms with Crippen LogP contribution in [0.15, 0.2) is 29.5 Å². The van der Waals surface area contributed by atoms with E-state index in [1.165, 1.54) is 16.9 Å². The molecule has 2 N–H and O–H groups in total. The third-order valence-corrected chi connectivity index (χ3v) is 5.69. The first-order valence-electron chi connectivity index (χ1n) is 8.52. The fourth-order valence-corrected chi connectivity index (χ4v) is 4.11. The molecule has 3 heterocycles. The lowest BCUT2D eigenvalue weighted by Crippen LogP contribution is -2.40. The van der Waals surface area contributed by atoms with E-state index in [0.717, 1.165) is 36.9 Å². The average molecular weight is 510 g/mol. The minimum Gasteiger partial charge on any atom is -0.386 e. The van der Waals surface area contributed by atoms with Crippen molar-refractivity contribution >= 4 is 52.9 Å². The molecule has 2 unspecified atom stereocenters. The summed E-state index contributed by atoms with van der Waals surface area (Å²) in [4.78, 5) is 7.74. The van der Waals surface area contributed by atoms with Crippen LogP contribution in [0.1, 0.15) is 35.8 Å². The maximum atomic E-state index is 10.3. The Morgan fingerprint density at radius 2 is 2.35 bits per heavy atom. The number of aryl methyl sites for hydroxylation is 1. The van der Waals surface area contributed by atoms with E-state index >= 15 is 0 Å². The van der Waals surface area contributed by atoms with Gasteiger partial charge >= 0.3 is 0 Å². The number of rotatable bonds is 5. The normalized spacial score (nSPS) is 18.7. The number of aliphatic imine (C=N–C) groups is 1. The Bertz CT molecular complexity index is 734. The topological polar surface area (TPSA) is 65.7 Å². The molecule has 1 fully saturated rings. The van der Waals surface area contributed by atoms with Crippen molar-refractivity contribution in [2.75, 3.05) is 26.2 Å². The summed E-state index contributed by atoms with van der Waals surface area (Å²) in [6, 6.07) is 3.66. The van der Waals surface area contributed by atoms with E-state index in [2.05, 4.69) is 33.4 Å². The number of thiophene rings is 1. The first-order valence-corrected chi connectivity index (χ1v) is 9.71. The fraction of sp³-hybridized carbons (Fsp3) is 0.529. The summed E-state index contributed by atoms with van der Waals surface area (Å²) in [6.07, 6.45) is 4.49. The van der Waals surface area contributed by atoms with Crippen LogP contribution in [0.4, 0.5) is 0 Å². The summed E-state index contributed by atoms with van der Waals surface area (Å²) in [6.45, 7) is 5.05. The maximum Gasteiger partial charge on any atom is 0.194 e. The molecule has 3 rings (SSSR count). The van der Waals surface area contributed by atoms with Gasteiger partial charge in [0.2, 0.25) is 0 Å². The van der Waals surface area contributed by atoms with E-state index in [9.17, 15) is 5.11 Å². The van der Waals surface area contributed by atoms with Crippen molar-refractivity contribution in [2.45, 2.75) is 25.4 Å². The van der Waals surface area contributed by atoms with Gasteiger partial charge in [-0.05, 0) is 31.0 Å². The molecule has 0 aliphatic carbocycles. The van der Waals surface area contributed by atoms with Crippen molar-refractivity contribution in [1.29, 1.82) is 0 Å². The van der Waals surface area contributed by atoms with Crippen molar-refractivity contribution in [1.82, 2.24) is 20.0 Å². The zero-order chi connectivity index (χ0) is 17.8. The van der Waals surface area contributed by atoms with Gasteiger partial charge in [0.25, 0.3) is 0 Å². The second-order valence-corrected chi connectivity index (χ2v) is 7.98. The highest BCUT2D eigenvalue weighted by Crippen LogP contribution is 2.28. The standard InChI is InChI=1S/C17H24ClN5OS.HI/c1-3-19-17(20-9-14(24)15-4-5-16(18)25-15)23-7-6-12(11-23)13-8-21-22(2)10-13;/h4-5,8,10,12,14,24H,3,6-7,9,11H2,1-2H3,(H,19,20);1H. The largest absolute Gasteiger partial charge is 0.386 e. The second-order valence-electron chi connectivity index (χ2n) is 6.23. The van der Waals surface area contributed by atoms with Gasteiger partial charge in [-0.25, -0.2) is 0 Å². The number of halogens is 2. The lowest BCUT2D eigenvalue weighted by molar-refractivity contribution is 0.190. The van der Waals surface area contributed by atoms with Gasteiger partial charge in [-0.1, -0.05) is 11.6 Å². The first kappa shape index (κ1) is 21.5. The monoisotopic (exact) mass is 509 g/mol. The zero-order valence-electron chi connectivity index (χ0n) is 14.9.